The first-order chi connectivity index (χ1) is 14.2. The summed E-state index contributed by atoms with van der Waals surface area (Å²) in [6, 6.07) is 7.48. The van der Waals surface area contributed by atoms with Crippen molar-refractivity contribution in [3.05, 3.63) is 46.1 Å². The Morgan fingerprint density at radius 3 is 2.43 bits per heavy atom. The Hall–Kier alpha value is -1.94. The molecule has 0 aromatic heterocycles. The van der Waals surface area contributed by atoms with Crippen molar-refractivity contribution < 1.29 is 14.3 Å². The minimum atomic E-state index is -0.572. The summed E-state index contributed by atoms with van der Waals surface area (Å²) in [6.07, 6.45) is 6.41. The monoisotopic (exact) mass is 427 g/mol. The summed E-state index contributed by atoms with van der Waals surface area (Å²) in [6.45, 7) is 6.09. The van der Waals surface area contributed by atoms with E-state index in [0.717, 1.165) is 49.1 Å². The molecule has 0 saturated heterocycles. The summed E-state index contributed by atoms with van der Waals surface area (Å²) in [5, 5.41) is 0.631. The van der Waals surface area contributed by atoms with Gasteiger partial charge in [0.1, 0.15) is 12.0 Å². The van der Waals surface area contributed by atoms with E-state index in [1.807, 2.05) is 31.2 Å². The Morgan fingerprint density at radius 2 is 1.77 bits per heavy atom. The Bertz CT molecular complexity index is 907. The molecule has 5 heteroatoms. The molecule has 0 radical (unpaired) electrons. The Kier molecular flexibility index (Phi) is 5.89. The summed E-state index contributed by atoms with van der Waals surface area (Å²) < 4.78 is 5.95. The second-order valence-corrected chi connectivity index (χ2v) is 10.2. The van der Waals surface area contributed by atoms with Gasteiger partial charge in [-0.05, 0) is 62.1 Å². The normalized spacial score (nSPS) is 26.8. The third-order valence-corrected chi connectivity index (χ3v) is 6.87. The molecule has 1 aromatic carbocycles. The molecule has 0 amide bonds. The predicted molar refractivity (Wildman–Crippen MR) is 119 cm³/mol. The third kappa shape index (κ3) is 4.25. The van der Waals surface area contributed by atoms with Crippen molar-refractivity contribution in [2.24, 2.45) is 16.3 Å². The number of carbonyl (C=O) groups is 2. The van der Waals surface area contributed by atoms with E-state index in [-0.39, 0.29) is 29.2 Å². The van der Waals surface area contributed by atoms with Crippen molar-refractivity contribution in [2.45, 2.75) is 77.7 Å². The fraction of sp³-hybridized carbons (Fsp3) is 0.560. The average Bonchev–Trinajstić information content (AvgIpc) is 2.67. The van der Waals surface area contributed by atoms with Gasteiger partial charge in [-0.1, -0.05) is 44.0 Å². The highest BCUT2D eigenvalue weighted by atomic mass is 35.5. The van der Waals surface area contributed by atoms with Crippen LogP contribution in [0.15, 0.2) is 40.5 Å². The lowest BCUT2D eigenvalue weighted by Crippen LogP contribution is -2.40. The SMILES string of the molecule is CC1=NC2=C(C(=O)CC(C)(C)C2)[C@@H](c2ccc(Cl)cc2)C1C(=O)OC1CCCCC1. The molecule has 1 aromatic rings. The molecule has 4 nitrogen and oxygen atoms in total. The number of nitrogens with zero attached hydrogens (tertiary/aromatic N) is 1. The van der Waals surface area contributed by atoms with Crippen molar-refractivity contribution in [2.75, 3.05) is 0 Å². The fourth-order valence-corrected chi connectivity index (χ4v) is 5.33. The Labute approximate surface area is 183 Å². The minimum Gasteiger partial charge on any atom is -0.462 e. The number of allylic oxidation sites excluding steroid dienone is 2. The largest absolute Gasteiger partial charge is 0.462 e. The lowest BCUT2D eigenvalue weighted by Gasteiger charge is -2.39. The van der Waals surface area contributed by atoms with Gasteiger partial charge in [0.05, 0.1) is 0 Å². The van der Waals surface area contributed by atoms with E-state index >= 15 is 0 Å². The number of Topliss-reactive ketones (excluding diaryl/α,β-unsaturated/α-hetero) is 1. The maximum atomic E-state index is 13.4. The first-order valence-corrected chi connectivity index (χ1v) is 11.4. The summed E-state index contributed by atoms with van der Waals surface area (Å²) in [5.74, 6) is -1.10. The van der Waals surface area contributed by atoms with E-state index in [0.29, 0.717) is 17.0 Å². The molecular formula is C25H30ClNO3. The number of ether oxygens (including phenoxy) is 1. The summed E-state index contributed by atoms with van der Waals surface area (Å²) >= 11 is 6.12. The zero-order valence-corrected chi connectivity index (χ0v) is 18.8. The Morgan fingerprint density at radius 1 is 1.10 bits per heavy atom. The second-order valence-electron chi connectivity index (χ2n) is 9.76. The number of hydrogen-bond acceptors (Lipinski definition) is 4. The standard InChI is InChI=1S/C25H30ClNO3/c1-15-21(24(29)30-18-7-5-4-6-8-18)22(16-9-11-17(26)12-10-16)23-19(27-15)13-25(2,3)14-20(23)28/h9-12,18,21-22H,4-8,13-14H2,1-3H3/t21?,22-/m0/s1. The van der Waals surface area contributed by atoms with Crippen molar-refractivity contribution in [1.29, 1.82) is 0 Å². The van der Waals surface area contributed by atoms with Crippen LogP contribution in [0.2, 0.25) is 5.02 Å². The van der Waals surface area contributed by atoms with Crippen LogP contribution >= 0.6 is 11.6 Å². The molecule has 2 atom stereocenters. The Balaban J connectivity index is 1.74. The number of ketones is 1. The highest BCUT2D eigenvalue weighted by Gasteiger charge is 2.46. The van der Waals surface area contributed by atoms with Crippen LogP contribution < -0.4 is 0 Å². The zero-order valence-electron chi connectivity index (χ0n) is 18.0. The van der Waals surface area contributed by atoms with Gasteiger partial charge in [0, 0.05) is 34.3 Å². The van der Waals surface area contributed by atoms with Gasteiger partial charge in [-0.3, -0.25) is 14.6 Å². The molecule has 1 fully saturated rings. The van der Waals surface area contributed by atoms with Crippen LogP contribution in [-0.4, -0.2) is 23.6 Å². The molecule has 0 bridgehead atoms. The van der Waals surface area contributed by atoms with Crippen molar-refractivity contribution >= 4 is 29.1 Å². The molecule has 1 saturated carbocycles. The van der Waals surface area contributed by atoms with Gasteiger partial charge in [-0.15, -0.1) is 0 Å². The number of benzene rings is 1. The van der Waals surface area contributed by atoms with Gasteiger partial charge >= 0.3 is 5.97 Å². The van der Waals surface area contributed by atoms with Crippen LogP contribution in [0.25, 0.3) is 0 Å². The van der Waals surface area contributed by atoms with E-state index in [9.17, 15) is 9.59 Å². The minimum absolute atomic E-state index is 0.0266. The molecule has 0 N–H and O–H groups in total. The fourth-order valence-electron chi connectivity index (χ4n) is 5.20. The quantitative estimate of drug-likeness (QED) is 0.553. The molecule has 1 unspecified atom stereocenters. The molecule has 160 valence electrons. The molecule has 0 spiro atoms. The molecular weight excluding hydrogens is 398 g/mol. The van der Waals surface area contributed by atoms with E-state index in [1.165, 1.54) is 6.42 Å². The molecule has 30 heavy (non-hydrogen) atoms. The molecule has 2 aliphatic carbocycles. The van der Waals surface area contributed by atoms with Gasteiger partial charge in [0.25, 0.3) is 0 Å². The van der Waals surface area contributed by atoms with Gasteiger partial charge in [-0.25, -0.2) is 0 Å². The lowest BCUT2D eigenvalue weighted by atomic mass is 9.67. The maximum Gasteiger partial charge on any atom is 0.315 e. The smallest absolute Gasteiger partial charge is 0.315 e. The van der Waals surface area contributed by atoms with Crippen molar-refractivity contribution in [3.63, 3.8) is 0 Å². The second kappa shape index (κ2) is 8.30. The zero-order chi connectivity index (χ0) is 21.5. The molecule has 1 aliphatic heterocycles. The average molecular weight is 428 g/mol. The van der Waals surface area contributed by atoms with Crippen LogP contribution in [0.1, 0.15) is 77.2 Å². The van der Waals surface area contributed by atoms with Crippen LogP contribution in [-0.2, 0) is 14.3 Å². The third-order valence-electron chi connectivity index (χ3n) is 6.62. The number of halogens is 1. The van der Waals surface area contributed by atoms with E-state index in [4.69, 9.17) is 21.3 Å². The first kappa shape index (κ1) is 21.3. The van der Waals surface area contributed by atoms with E-state index in [1.54, 1.807) is 0 Å². The van der Waals surface area contributed by atoms with Gasteiger partial charge in [0.2, 0.25) is 0 Å². The molecule has 4 rings (SSSR count). The maximum absolute atomic E-state index is 13.4. The van der Waals surface area contributed by atoms with Gasteiger partial charge < -0.3 is 4.74 Å². The van der Waals surface area contributed by atoms with Crippen molar-refractivity contribution in [1.82, 2.24) is 0 Å². The number of carbonyl (C=O) groups excluding carboxylic acids is 2. The summed E-state index contributed by atoms with van der Waals surface area (Å²) in [4.78, 5) is 31.4. The van der Waals surface area contributed by atoms with Crippen LogP contribution in [0.4, 0.5) is 0 Å². The van der Waals surface area contributed by atoms with Crippen LogP contribution in [0, 0.1) is 11.3 Å². The predicted octanol–water partition coefficient (Wildman–Crippen LogP) is 6.03. The lowest BCUT2D eigenvalue weighted by molar-refractivity contribution is -0.153. The van der Waals surface area contributed by atoms with Crippen molar-refractivity contribution in [3.8, 4) is 0 Å². The topological polar surface area (TPSA) is 55.7 Å². The molecule has 3 aliphatic rings. The van der Waals surface area contributed by atoms with Crippen LogP contribution in [0.5, 0.6) is 0 Å². The van der Waals surface area contributed by atoms with Gasteiger partial charge in [0.15, 0.2) is 5.78 Å². The first-order valence-electron chi connectivity index (χ1n) is 11.0. The van der Waals surface area contributed by atoms with E-state index < -0.39 is 5.92 Å². The molecule has 1 heterocycles. The highest BCUT2D eigenvalue weighted by molar-refractivity contribution is 6.30. The summed E-state index contributed by atoms with van der Waals surface area (Å²) in [7, 11) is 0. The number of rotatable bonds is 3. The number of esters is 1. The number of hydrogen-bond donors (Lipinski definition) is 0. The summed E-state index contributed by atoms with van der Waals surface area (Å²) in [5.41, 5.74) is 3.04. The van der Waals surface area contributed by atoms with Gasteiger partial charge in [-0.2, -0.15) is 0 Å². The highest BCUT2D eigenvalue weighted by Crippen LogP contribution is 2.48. The number of aliphatic imine (C=N–C) groups is 1. The van der Waals surface area contributed by atoms with E-state index in [2.05, 4.69) is 13.8 Å². The van der Waals surface area contributed by atoms with Crippen LogP contribution in [0.3, 0.4) is 0 Å².